The van der Waals surface area contributed by atoms with Crippen LogP contribution in [0.25, 0.3) is 0 Å². The predicted octanol–water partition coefficient (Wildman–Crippen LogP) is 1.50. The molecule has 1 heterocycles. The van der Waals surface area contributed by atoms with Crippen LogP contribution in [0.3, 0.4) is 0 Å². The van der Waals surface area contributed by atoms with Gasteiger partial charge in [0.2, 0.25) is 0 Å². The third-order valence-corrected chi connectivity index (χ3v) is 0.496. The molecule has 0 amide bonds. The Labute approximate surface area is 49.0 Å². The molecule has 4 nitrogen and oxygen atoms in total. The minimum Gasteiger partial charge on any atom is -0.368 e. The van der Waals surface area contributed by atoms with E-state index in [1.54, 1.807) is 0 Å². The maximum Gasteiger partial charge on any atom is 0.000496 e. The molecule has 1 aromatic rings. The number of nitrogens with one attached hydrogen (secondary N) is 1. The zero-order valence-electron chi connectivity index (χ0n) is 4.93. The molecule has 0 aliphatic carbocycles. The van der Waals surface area contributed by atoms with Crippen molar-refractivity contribution in [3.05, 3.63) is 24.5 Å². The fourth-order valence-corrected chi connectivity index (χ4v) is 0.278. The third-order valence-electron chi connectivity index (χ3n) is 0.496. The van der Waals surface area contributed by atoms with E-state index >= 15 is 0 Å². The normalized spacial score (nSPS) is 5.00. The van der Waals surface area contributed by atoms with Gasteiger partial charge in [-0.25, -0.2) is 0 Å². The molecule has 10 N–H and O–H groups in total. The number of aromatic nitrogens is 1. The second kappa shape index (κ2) is 9.48. The number of hydrogen-bond acceptors (Lipinski definition) is 3. The Kier molecular flexibility index (Phi) is 18.6. The second-order valence-corrected chi connectivity index (χ2v) is 0.885. The first-order valence-electron chi connectivity index (χ1n) is 1.58. The minimum absolute atomic E-state index is 0. The molecule has 0 unspecified atom stereocenters. The lowest BCUT2D eigenvalue weighted by Gasteiger charge is -1.49. The first kappa shape index (κ1) is 15.7. The smallest absolute Gasteiger partial charge is 0.000496 e. The SMILES string of the molecule is N.N.N.c1cc[nH]c1. The fraction of sp³-hybridized carbons (Fsp3) is 0. The highest BCUT2D eigenvalue weighted by Gasteiger charge is 1.55. The van der Waals surface area contributed by atoms with E-state index in [0.29, 0.717) is 0 Å². The maximum absolute atomic E-state index is 2.86. The van der Waals surface area contributed by atoms with Gasteiger partial charge in [-0.3, -0.25) is 0 Å². The van der Waals surface area contributed by atoms with Gasteiger partial charge in [-0.2, -0.15) is 0 Å². The Morgan fingerprint density at radius 2 is 1.12 bits per heavy atom. The summed E-state index contributed by atoms with van der Waals surface area (Å²) in [6.45, 7) is 0. The van der Waals surface area contributed by atoms with Crippen LogP contribution in [0, 0.1) is 0 Å². The van der Waals surface area contributed by atoms with Crippen molar-refractivity contribution in [2.75, 3.05) is 0 Å². The van der Waals surface area contributed by atoms with Gasteiger partial charge in [0.05, 0.1) is 0 Å². The largest absolute Gasteiger partial charge is 0.368 e. The molecule has 8 heavy (non-hydrogen) atoms. The average Bonchev–Trinajstić information content (AvgIpc) is 1.76. The van der Waals surface area contributed by atoms with Crippen LogP contribution in [0.5, 0.6) is 0 Å². The molecule has 0 bridgehead atoms. The van der Waals surface area contributed by atoms with Gasteiger partial charge in [-0.05, 0) is 12.1 Å². The summed E-state index contributed by atoms with van der Waals surface area (Å²) in [5, 5.41) is 0. The lowest BCUT2D eigenvalue weighted by Crippen LogP contribution is -1.38. The van der Waals surface area contributed by atoms with E-state index in [-0.39, 0.29) is 18.5 Å². The molecule has 1 aromatic heterocycles. The Hall–Kier alpha value is -0.840. The van der Waals surface area contributed by atoms with E-state index in [9.17, 15) is 0 Å². The van der Waals surface area contributed by atoms with Crippen LogP contribution in [0.2, 0.25) is 0 Å². The molecule has 0 fully saturated rings. The van der Waals surface area contributed by atoms with Crippen LogP contribution in [-0.2, 0) is 0 Å². The standard InChI is InChI=1S/C4H5N.3H3N/c1-2-4-5-3-1;;;/h1-5H;3*1H3. The lowest BCUT2D eigenvalue weighted by molar-refractivity contribution is 1.42. The van der Waals surface area contributed by atoms with E-state index in [1.807, 2.05) is 24.5 Å². The van der Waals surface area contributed by atoms with Crippen LogP contribution in [0.15, 0.2) is 24.5 Å². The van der Waals surface area contributed by atoms with Crippen molar-refractivity contribution in [2.45, 2.75) is 0 Å². The van der Waals surface area contributed by atoms with Gasteiger partial charge in [-0.15, -0.1) is 0 Å². The fourth-order valence-electron chi connectivity index (χ4n) is 0.278. The van der Waals surface area contributed by atoms with Crippen molar-refractivity contribution in [1.29, 1.82) is 0 Å². The van der Waals surface area contributed by atoms with Gasteiger partial charge in [0.1, 0.15) is 0 Å². The number of rotatable bonds is 0. The van der Waals surface area contributed by atoms with E-state index in [0.717, 1.165) is 0 Å². The number of H-pyrrole nitrogens is 1. The van der Waals surface area contributed by atoms with Gasteiger partial charge >= 0.3 is 0 Å². The summed E-state index contributed by atoms with van der Waals surface area (Å²) < 4.78 is 0. The van der Waals surface area contributed by atoms with Crippen LogP contribution in [0.1, 0.15) is 0 Å². The van der Waals surface area contributed by atoms with E-state index in [1.165, 1.54) is 0 Å². The zero-order valence-corrected chi connectivity index (χ0v) is 4.93. The molecule has 0 spiro atoms. The quantitative estimate of drug-likeness (QED) is 0.413. The van der Waals surface area contributed by atoms with Crippen molar-refractivity contribution in [3.8, 4) is 0 Å². The van der Waals surface area contributed by atoms with Gasteiger partial charge in [0, 0.05) is 12.4 Å². The highest BCUT2D eigenvalue weighted by atomic mass is 14.6. The molecule has 0 aliphatic rings. The highest BCUT2D eigenvalue weighted by molar-refractivity contribution is 4.84. The first-order chi connectivity index (χ1) is 2.50. The van der Waals surface area contributed by atoms with Crippen molar-refractivity contribution >= 4 is 0 Å². The van der Waals surface area contributed by atoms with Crippen molar-refractivity contribution < 1.29 is 0 Å². The van der Waals surface area contributed by atoms with E-state index in [4.69, 9.17) is 0 Å². The molecule has 0 radical (unpaired) electrons. The van der Waals surface area contributed by atoms with Crippen LogP contribution in [0.4, 0.5) is 0 Å². The molecule has 0 saturated carbocycles. The molecular formula is C4H14N4. The summed E-state index contributed by atoms with van der Waals surface area (Å²) in [5.74, 6) is 0. The van der Waals surface area contributed by atoms with E-state index < -0.39 is 0 Å². The second-order valence-electron chi connectivity index (χ2n) is 0.885. The molecule has 0 aliphatic heterocycles. The molecule has 0 atom stereocenters. The molecular weight excluding hydrogens is 104 g/mol. The zero-order chi connectivity index (χ0) is 3.54. The highest BCUT2D eigenvalue weighted by Crippen LogP contribution is 1.72. The Bertz CT molecular complexity index is 64.5. The van der Waals surface area contributed by atoms with Gasteiger partial charge in [-0.1, -0.05) is 0 Å². The lowest BCUT2D eigenvalue weighted by atomic mass is 10.7. The van der Waals surface area contributed by atoms with Crippen molar-refractivity contribution in [2.24, 2.45) is 0 Å². The van der Waals surface area contributed by atoms with Crippen molar-refractivity contribution in [3.63, 3.8) is 0 Å². The van der Waals surface area contributed by atoms with Crippen molar-refractivity contribution in [1.82, 2.24) is 23.4 Å². The molecule has 50 valence electrons. The summed E-state index contributed by atoms with van der Waals surface area (Å²) in [6, 6.07) is 3.89. The van der Waals surface area contributed by atoms with Crippen LogP contribution < -0.4 is 18.5 Å². The number of hydrogen-bond donors (Lipinski definition) is 4. The van der Waals surface area contributed by atoms with E-state index in [2.05, 4.69) is 4.98 Å². The van der Waals surface area contributed by atoms with Gasteiger partial charge in [0.25, 0.3) is 0 Å². The maximum atomic E-state index is 2.86. The topological polar surface area (TPSA) is 121 Å². The third kappa shape index (κ3) is 5.16. The Balaban J connectivity index is -0.0000000833. The van der Waals surface area contributed by atoms with Crippen LogP contribution >= 0.6 is 0 Å². The first-order valence-corrected chi connectivity index (χ1v) is 1.58. The summed E-state index contributed by atoms with van der Waals surface area (Å²) in [7, 11) is 0. The predicted molar refractivity (Wildman–Crippen MR) is 35.9 cm³/mol. The molecule has 0 aromatic carbocycles. The molecule has 1 rings (SSSR count). The summed E-state index contributed by atoms with van der Waals surface area (Å²) >= 11 is 0. The average molecular weight is 118 g/mol. The number of aromatic amines is 1. The molecule has 0 saturated heterocycles. The van der Waals surface area contributed by atoms with Gasteiger partial charge < -0.3 is 23.4 Å². The summed E-state index contributed by atoms with van der Waals surface area (Å²) in [4.78, 5) is 2.86. The Morgan fingerprint density at radius 3 is 1.25 bits per heavy atom. The summed E-state index contributed by atoms with van der Waals surface area (Å²) in [6.07, 6.45) is 3.75. The monoisotopic (exact) mass is 118 g/mol. The van der Waals surface area contributed by atoms with Gasteiger partial charge in [0.15, 0.2) is 0 Å². The van der Waals surface area contributed by atoms with Crippen LogP contribution in [-0.4, -0.2) is 4.98 Å². The summed E-state index contributed by atoms with van der Waals surface area (Å²) in [5.41, 5.74) is 0. The molecule has 4 heteroatoms. The minimum atomic E-state index is 0. The Morgan fingerprint density at radius 1 is 0.750 bits per heavy atom.